The van der Waals surface area contributed by atoms with Crippen molar-refractivity contribution in [2.45, 2.75) is 38.3 Å². The lowest BCUT2D eigenvalue weighted by Gasteiger charge is -2.39. The largest absolute Gasteiger partial charge is 0.480 e. The highest BCUT2D eigenvalue weighted by Crippen LogP contribution is 2.44. The first kappa shape index (κ1) is 23.8. The standard InChI is InChI=1S/C26H30N2O6/c1-16(2)23(11-24(29)28-12-17(13-28)33-15-25(30)31)27-26(32)34-14-22-20-9-5-3-7-18(20)19-8-4-6-10-21(19)22/h3-10,16-17,22-23H,11-15H2,1-2H3,(H,27,32)(H,30,31)/t23-/m0/s1. The van der Waals surface area contributed by atoms with Crippen molar-refractivity contribution in [1.82, 2.24) is 10.2 Å². The quantitative estimate of drug-likeness (QED) is 0.588. The second-order valence-electron chi connectivity index (χ2n) is 9.15. The summed E-state index contributed by atoms with van der Waals surface area (Å²) in [6, 6.07) is 15.9. The fourth-order valence-corrected chi connectivity index (χ4v) is 4.50. The zero-order valence-corrected chi connectivity index (χ0v) is 19.4. The van der Waals surface area contributed by atoms with Crippen LogP contribution < -0.4 is 5.32 Å². The lowest BCUT2D eigenvalue weighted by atomic mass is 9.98. The van der Waals surface area contributed by atoms with Crippen molar-refractivity contribution in [2.24, 2.45) is 5.92 Å². The molecule has 34 heavy (non-hydrogen) atoms. The van der Waals surface area contributed by atoms with Crippen molar-refractivity contribution in [3.8, 4) is 11.1 Å². The molecule has 2 N–H and O–H groups in total. The van der Waals surface area contributed by atoms with Gasteiger partial charge in [0, 0.05) is 31.5 Å². The smallest absolute Gasteiger partial charge is 0.407 e. The first-order valence-corrected chi connectivity index (χ1v) is 11.6. The Labute approximate surface area is 198 Å². The number of benzene rings is 2. The molecule has 1 aliphatic carbocycles. The Bertz CT molecular complexity index is 1020. The van der Waals surface area contributed by atoms with Crippen LogP contribution in [0.4, 0.5) is 4.79 Å². The van der Waals surface area contributed by atoms with E-state index in [0.29, 0.717) is 13.1 Å². The van der Waals surface area contributed by atoms with E-state index in [-0.39, 0.29) is 49.5 Å². The number of nitrogens with zero attached hydrogens (tertiary/aromatic N) is 1. The van der Waals surface area contributed by atoms with Crippen molar-refractivity contribution in [1.29, 1.82) is 0 Å². The van der Waals surface area contributed by atoms with Crippen LogP contribution in [0.1, 0.15) is 37.3 Å². The summed E-state index contributed by atoms with van der Waals surface area (Å²) in [4.78, 5) is 37.4. The molecule has 180 valence electrons. The third-order valence-electron chi connectivity index (χ3n) is 6.49. The van der Waals surface area contributed by atoms with E-state index in [1.807, 2.05) is 38.1 Å². The van der Waals surface area contributed by atoms with E-state index in [1.54, 1.807) is 4.90 Å². The third-order valence-corrected chi connectivity index (χ3v) is 6.49. The minimum Gasteiger partial charge on any atom is -0.480 e. The molecule has 0 aromatic heterocycles. The monoisotopic (exact) mass is 466 g/mol. The van der Waals surface area contributed by atoms with Gasteiger partial charge in [-0.2, -0.15) is 0 Å². The molecular weight excluding hydrogens is 436 g/mol. The van der Waals surface area contributed by atoms with E-state index in [0.717, 1.165) is 22.3 Å². The maximum atomic E-state index is 12.6. The average molecular weight is 467 g/mol. The Balaban J connectivity index is 1.29. The first-order chi connectivity index (χ1) is 16.3. The normalized spacial score (nSPS) is 15.9. The van der Waals surface area contributed by atoms with Gasteiger partial charge in [0.2, 0.25) is 5.91 Å². The predicted molar refractivity (Wildman–Crippen MR) is 125 cm³/mol. The summed E-state index contributed by atoms with van der Waals surface area (Å²) in [6.45, 7) is 4.45. The zero-order chi connectivity index (χ0) is 24.2. The average Bonchev–Trinajstić information content (AvgIpc) is 3.09. The number of rotatable bonds is 9. The van der Waals surface area contributed by atoms with Gasteiger partial charge in [0.15, 0.2) is 0 Å². The van der Waals surface area contributed by atoms with Crippen molar-refractivity contribution in [3.05, 3.63) is 59.7 Å². The summed E-state index contributed by atoms with van der Waals surface area (Å²) in [7, 11) is 0. The van der Waals surface area contributed by atoms with Crippen LogP contribution in [-0.4, -0.2) is 66.4 Å². The number of fused-ring (bicyclic) bond motifs is 3. The van der Waals surface area contributed by atoms with Crippen LogP contribution in [0.5, 0.6) is 0 Å². The summed E-state index contributed by atoms with van der Waals surface area (Å²) < 4.78 is 10.8. The van der Waals surface area contributed by atoms with Gasteiger partial charge in [0.05, 0.1) is 6.10 Å². The van der Waals surface area contributed by atoms with E-state index in [4.69, 9.17) is 14.6 Å². The number of amides is 2. The Morgan fingerprint density at radius 1 is 1.03 bits per heavy atom. The van der Waals surface area contributed by atoms with Crippen molar-refractivity contribution in [3.63, 3.8) is 0 Å². The number of aliphatic carboxylic acids is 1. The van der Waals surface area contributed by atoms with Gasteiger partial charge in [0.25, 0.3) is 0 Å². The summed E-state index contributed by atoms with van der Waals surface area (Å²) in [6.07, 6.45) is -0.652. The molecule has 8 heteroatoms. The van der Waals surface area contributed by atoms with Crippen LogP contribution in [0.15, 0.2) is 48.5 Å². The van der Waals surface area contributed by atoms with Gasteiger partial charge in [-0.05, 0) is 28.2 Å². The molecule has 4 rings (SSSR count). The molecule has 1 heterocycles. The number of carboxylic acids is 1. The fraction of sp³-hybridized carbons (Fsp3) is 0.423. The lowest BCUT2D eigenvalue weighted by molar-refractivity contribution is -0.154. The molecule has 0 saturated carbocycles. The summed E-state index contributed by atoms with van der Waals surface area (Å²) >= 11 is 0. The molecule has 2 aromatic rings. The minimum atomic E-state index is -1.03. The van der Waals surface area contributed by atoms with Crippen LogP contribution >= 0.6 is 0 Å². The number of carbonyl (C=O) groups is 3. The minimum absolute atomic E-state index is 0.0268. The van der Waals surface area contributed by atoms with Crippen LogP contribution in [0.25, 0.3) is 11.1 Å². The van der Waals surface area contributed by atoms with Crippen molar-refractivity contribution < 1.29 is 29.0 Å². The molecule has 0 spiro atoms. The SMILES string of the molecule is CC(C)[C@H](CC(=O)N1CC(OCC(=O)O)C1)NC(=O)OCC1c2ccccc2-c2ccccc21. The van der Waals surface area contributed by atoms with E-state index < -0.39 is 12.1 Å². The molecule has 2 aliphatic rings. The zero-order valence-electron chi connectivity index (χ0n) is 19.4. The molecule has 1 saturated heterocycles. The van der Waals surface area contributed by atoms with Gasteiger partial charge in [-0.3, -0.25) is 4.79 Å². The molecule has 2 aromatic carbocycles. The molecule has 0 unspecified atom stereocenters. The molecular formula is C26H30N2O6. The number of alkyl carbamates (subject to hydrolysis) is 1. The molecule has 1 aliphatic heterocycles. The molecule has 1 fully saturated rings. The summed E-state index contributed by atoms with van der Waals surface area (Å²) in [5.41, 5.74) is 4.62. The van der Waals surface area contributed by atoms with E-state index in [9.17, 15) is 14.4 Å². The maximum Gasteiger partial charge on any atom is 0.407 e. The fourth-order valence-electron chi connectivity index (χ4n) is 4.50. The van der Waals surface area contributed by atoms with Gasteiger partial charge in [0.1, 0.15) is 13.2 Å². The molecule has 1 atom stereocenters. The van der Waals surface area contributed by atoms with Gasteiger partial charge in [-0.1, -0.05) is 62.4 Å². The van der Waals surface area contributed by atoms with E-state index >= 15 is 0 Å². The van der Waals surface area contributed by atoms with Crippen LogP contribution in [0.3, 0.4) is 0 Å². The molecule has 0 bridgehead atoms. The Morgan fingerprint density at radius 2 is 1.62 bits per heavy atom. The molecule has 2 amide bonds. The van der Waals surface area contributed by atoms with Crippen LogP contribution in [0, 0.1) is 5.92 Å². The number of hydrogen-bond acceptors (Lipinski definition) is 5. The first-order valence-electron chi connectivity index (χ1n) is 11.6. The van der Waals surface area contributed by atoms with Gasteiger partial charge < -0.3 is 24.8 Å². The van der Waals surface area contributed by atoms with E-state index in [2.05, 4.69) is 29.6 Å². The third kappa shape index (κ3) is 5.22. The predicted octanol–water partition coefficient (Wildman–Crippen LogP) is 3.25. The van der Waals surface area contributed by atoms with Gasteiger partial charge in [-0.15, -0.1) is 0 Å². The summed E-state index contributed by atoms with van der Waals surface area (Å²) in [5, 5.41) is 11.5. The van der Waals surface area contributed by atoms with Gasteiger partial charge in [-0.25, -0.2) is 9.59 Å². The second kappa shape index (κ2) is 10.3. The Morgan fingerprint density at radius 3 is 2.18 bits per heavy atom. The number of carbonyl (C=O) groups excluding carboxylic acids is 2. The highest BCUT2D eigenvalue weighted by atomic mass is 16.5. The number of nitrogens with one attached hydrogen (secondary N) is 1. The van der Waals surface area contributed by atoms with Gasteiger partial charge >= 0.3 is 12.1 Å². The van der Waals surface area contributed by atoms with Crippen molar-refractivity contribution >= 4 is 18.0 Å². The van der Waals surface area contributed by atoms with Crippen LogP contribution in [-0.2, 0) is 19.1 Å². The number of hydrogen-bond donors (Lipinski definition) is 2. The lowest BCUT2D eigenvalue weighted by Crippen LogP contribution is -2.56. The highest BCUT2D eigenvalue weighted by molar-refractivity contribution is 5.80. The summed E-state index contributed by atoms with van der Waals surface area (Å²) in [5.74, 6) is -1.13. The van der Waals surface area contributed by atoms with Crippen molar-refractivity contribution in [2.75, 3.05) is 26.3 Å². The Kier molecular flexibility index (Phi) is 7.17. The van der Waals surface area contributed by atoms with Crippen LogP contribution in [0.2, 0.25) is 0 Å². The number of carboxylic acid groups (broad SMARTS) is 1. The highest BCUT2D eigenvalue weighted by Gasteiger charge is 2.34. The number of likely N-dealkylation sites (tertiary alicyclic amines) is 1. The Hall–Kier alpha value is -3.39. The topological polar surface area (TPSA) is 105 Å². The number of ether oxygens (including phenoxy) is 2. The molecule has 0 radical (unpaired) electrons. The van der Waals surface area contributed by atoms with E-state index in [1.165, 1.54) is 0 Å². The molecule has 8 nitrogen and oxygen atoms in total. The maximum absolute atomic E-state index is 12.6. The second-order valence-corrected chi connectivity index (χ2v) is 9.15.